The largest absolute Gasteiger partial charge is 0.473 e. The summed E-state index contributed by atoms with van der Waals surface area (Å²) in [5.74, 6) is -3.65. The summed E-state index contributed by atoms with van der Waals surface area (Å²) in [5, 5.41) is 25.5. The maximum atomic E-state index is 12.7. The van der Waals surface area contributed by atoms with E-state index in [4.69, 9.17) is 19.8 Å². The highest BCUT2D eigenvalue weighted by Gasteiger charge is 2.33. The van der Waals surface area contributed by atoms with Gasteiger partial charge in [-0.15, -0.1) is 0 Å². The topological polar surface area (TPSA) is 192 Å². The van der Waals surface area contributed by atoms with Gasteiger partial charge in [0.1, 0.15) is 0 Å². The number of carbonyl (C=O) groups is 2. The monoisotopic (exact) mass is 501 g/mol. The van der Waals surface area contributed by atoms with Gasteiger partial charge in [0.25, 0.3) is 5.69 Å². The van der Waals surface area contributed by atoms with Crippen LogP contribution in [0.1, 0.15) is 0 Å². The van der Waals surface area contributed by atoms with E-state index in [-0.39, 0.29) is 41.7 Å². The molecule has 1 fully saturated rings. The minimum absolute atomic E-state index is 0.00534. The number of nitro benzene ring substituents is 1. The maximum Gasteiger partial charge on any atom is 0.414 e. The minimum Gasteiger partial charge on any atom is -0.473 e. The molecule has 0 atom stereocenters. The predicted molar refractivity (Wildman–Crippen MR) is 112 cm³/mol. The number of aliphatic carboxylic acids is 2. The van der Waals surface area contributed by atoms with Crippen LogP contribution >= 0.6 is 0 Å². The molecule has 1 heterocycles. The Morgan fingerprint density at radius 3 is 1.42 bits per heavy atom. The lowest BCUT2D eigenvalue weighted by molar-refractivity contribution is -0.384. The molecule has 178 valence electrons. The molecular weight excluding hydrogens is 482 g/mol. The van der Waals surface area contributed by atoms with Crippen molar-refractivity contribution in [2.45, 2.75) is 9.79 Å². The van der Waals surface area contributed by atoms with Crippen molar-refractivity contribution in [3.05, 3.63) is 64.7 Å². The van der Waals surface area contributed by atoms with E-state index in [9.17, 15) is 26.9 Å². The van der Waals surface area contributed by atoms with Gasteiger partial charge in [-0.1, -0.05) is 18.2 Å². The summed E-state index contributed by atoms with van der Waals surface area (Å²) in [5.41, 5.74) is -0.201. The number of nitrogens with zero attached hydrogens (tertiary/aromatic N) is 3. The summed E-state index contributed by atoms with van der Waals surface area (Å²) in [6.07, 6.45) is 0. The Hall–Kier alpha value is -3.40. The highest BCUT2D eigenvalue weighted by molar-refractivity contribution is 7.89. The van der Waals surface area contributed by atoms with Crippen LogP contribution in [0.5, 0.6) is 0 Å². The Morgan fingerprint density at radius 2 is 1.09 bits per heavy atom. The van der Waals surface area contributed by atoms with Crippen molar-refractivity contribution in [3.63, 3.8) is 0 Å². The molecule has 0 aromatic heterocycles. The molecule has 0 spiro atoms. The fraction of sp³-hybridized carbons (Fsp3) is 0.222. The van der Waals surface area contributed by atoms with Gasteiger partial charge in [-0.05, 0) is 24.3 Å². The number of hydrogen-bond acceptors (Lipinski definition) is 8. The zero-order chi connectivity index (χ0) is 24.8. The second-order valence-corrected chi connectivity index (χ2v) is 10.4. The molecule has 2 aromatic carbocycles. The van der Waals surface area contributed by atoms with Gasteiger partial charge in [0.05, 0.1) is 14.7 Å². The lowest BCUT2D eigenvalue weighted by Gasteiger charge is -2.33. The van der Waals surface area contributed by atoms with Gasteiger partial charge < -0.3 is 10.2 Å². The van der Waals surface area contributed by atoms with E-state index in [2.05, 4.69) is 0 Å². The van der Waals surface area contributed by atoms with Crippen molar-refractivity contribution < 1.29 is 41.6 Å². The zero-order valence-corrected chi connectivity index (χ0v) is 18.5. The van der Waals surface area contributed by atoms with Crippen molar-refractivity contribution in [1.29, 1.82) is 0 Å². The zero-order valence-electron chi connectivity index (χ0n) is 16.8. The van der Waals surface area contributed by atoms with Gasteiger partial charge in [-0.25, -0.2) is 26.4 Å². The van der Waals surface area contributed by atoms with Crippen molar-refractivity contribution in [1.82, 2.24) is 8.61 Å². The van der Waals surface area contributed by atoms with Crippen LogP contribution < -0.4 is 0 Å². The fourth-order valence-electron chi connectivity index (χ4n) is 2.78. The molecule has 0 radical (unpaired) electrons. The molecule has 0 saturated carbocycles. The molecule has 3 rings (SSSR count). The summed E-state index contributed by atoms with van der Waals surface area (Å²) in [4.78, 5) is 28.4. The highest BCUT2D eigenvalue weighted by atomic mass is 32.2. The first-order chi connectivity index (χ1) is 15.4. The van der Waals surface area contributed by atoms with Crippen LogP contribution in [0.4, 0.5) is 5.69 Å². The number of non-ortho nitro benzene ring substituents is 1. The number of sulfonamides is 2. The predicted octanol–water partition coefficient (Wildman–Crippen LogP) is 0.446. The summed E-state index contributed by atoms with van der Waals surface area (Å²) in [6, 6.07) is 12.6. The first kappa shape index (κ1) is 25.9. The lowest BCUT2D eigenvalue weighted by atomic mass is 10.3. The van der Waals surface area contributed by atoms with Crippen LogP contribution in [0.25, 0.3) is 0 Å². The van der Waals surface area contributed by atoms with Gasteiger partial charge in [0.15, 0.2) is 0 Å². The normalized spacial score (nSPS) is 15.2. The van der Waals surface area contributed by atoms with Gasteiger partial charge in [-0.2, -0.15) is 8.61 Å². The maximum absolute atomic E-state index is 12.7. The van der Waals surface area contributed by atoms with E-state index >= 15 is 0 Å². The molecule has 2 N–H and O–H groups in total. The smallest absolute Gasteiger partial charge is 0.414 e. The number of benzene rings is 2. The second-order valence-electron chi connectivity index (χ2n) is 6.48. The van der Waals surface area contributed by atoms with Crippen LogP contribution in [0.3, 0.4) is 0 Å². The molecule has 0 amide bonds. The fourth-order valence-corrected chi connectivity index (χ4v) is 5.65. The average molecular weight is 501 g/mol. The second kappa shape index (κ2) is 10.5. The first-order valence-electron chi connectivity index (χ1n) is 9.13. The summed E-state index contributed by atoms with van der Waals surface area (Å²) < 4.78 is 53.0. The number of piperazine rings is 1. The van der Waals surface area contributed by atoms with Gasteiger partial charge >= 0.3 is 11.9 Å². The van der Waals surface area contributed by atoms with Crippen LogP contribution in [0.2, 0.25) is 0 Å². The van der Waals surface area contributed by atoms with Crippen LogP contribution in [-0.2, 0) is 29.6 Å². The molecule has 0 bridgehead atoms. The van der Waals surface area contributed by atoms with Crippen molar-refractivity contribution in [2.24, 2.45) is 0 Å². The third-order valence-electron chi connectivity index (χ3n) is 4.45. The van der Waals surface area contributed by atoms with Crippen molar-refractivity contribution >= 4 is 37.7 Å². The quantitative estimate of drug-likeness (QED) is 0.330. The van der Waals surface area contributed by atoms with E-state index in [0.717, 1.165) is 12.1 Å². The van der Waals surface area contributed by atoms with E-state index in [1.54, 1.807) is 18.2 Å². The Bertz CT molecular complexity index is 1210. The number of nitro groups is 1. The third kappa shape index (κ3) is 6.32. The summed E-state index contributed by atoms with van der Waals surface area (Å²) in [7, 11) is -7.52. The Labute approximate surface area is 188 Å². The molecular formula is C18H19N3O10S2. The number of carboxylic acid groups (broad SMARTS) is 2. The first-order valence-corrected chi connectivity index (χ1v) is 12.0. The molecule has 33 heavy (non-hydrogen) atoms. The molecule has 1 aliphatic heterocycles. The summed E-state index contributed by atoms with van der Waals surface area (Å²) >= 11 is 0. The van der Waals surface area contributed by atoms with Gasteiger partial charge in [-0.3, -0.25) is 10.1 Å². The van der Waals surface area contributed by atoms with Crippen LogP contribution in [-0.4, -0.2) is 78.7 Å². The molecule has 2 aromatic rings. The van der Waals surface area contributed by atoms with Gasteiger partial charge in [0, 0.05) is 38.3 Å². The average Bonchev–Trinajstić information content (AvgIpc) is 2.80. The van der Waals surface area contributed by atoms with Crippen molar-refractivity contribution in [3.8, 4) is 0 Å². The van der Waals surface area contributed by atoms with E-state index in [1.807, 2.05) is 0 Å². The van der Waals surface area contributed by atoms with E-state index < -0.39 is 36.9 Å². The Morgan fingerprint density at radius 1 is 0.727 bits per heavy atom. The van der Waals surface area contributed by atoms with Gasteiger partial charge in [0.2, 0.25) is 20.0 Å². The van der Waals surface area contributed by atoms with Crippen molar-refractivity contribution in [2.75, 3.05) is 26.2 Å². The molecule has 13 nitrogen and oxygen atoms in total. The number of hydrogen-bond donors (Lipinski definition) is 2. The van der Waals surface area contributed by atoms with E-state index in [1.165, 1.54) is 32.9 Å². The third-order valence-corrected chi connectivity index (χ3v) is 8.27. The molecule has 1 aliphatic rings. The number of rotatable bonds is 5. The minimum atomic E-state index is -3.85. The lowest BCUT2D eigenvalue weighted by Crippen LogP contribution is -2.50. The Kier molecular flexibility index (Phi) is 8.21. The van der Waals surface area contributed by atoms with Crippen LogP contribution in [0.15, 0.2) is 64.4 Å². The number of carboxylic acids is 2. The summed E-state index contributed by atoms with van der Waals surface area (Å²) in [6.45, 7) is 0.0731. The standard InChI is InChI=1S/C16H17N3O6S2.C2H2O4/c20-19(21)14-6-8-16(9-7-14)27(24,25)18-12-10-17(11-13-18)26(22,23)15-4-2-1-3-5-15;3-1(4)2(5)6/h1-9H,10-13H2;(H,3,4)(H,5,6). The Balaban J connectivity index is 0.000000569. The SMILES string of the molecule is O=C(O)C(=O)O.O=[N+]([O-])c1ccc(S(=O)(=O)N2CCN(S(=O)(=O)c3ccccc3)CC2)cc1. The molecule has 0 unspecified atom stereocenters. The van der Waals surface area contributed by atoms with E-state index in [0.29, 0.717) is 0 Å². The highest BCUT2D eigenvalue weighted by Crippen LogP contribution is 2.23. The van der Waals surface area contributed by atoms with Crippen LogP contribution in [0, 0.1) is 10.1 Å². The molecule has 15 heteroatoms. The molecule has 1 saturated heterocycles. The molecule has 0 aliphatic carbocycles.